The number of unbranched alkanes of at least 4 members (excludes halogenated alkanes) is 1. The van der Waals surface area contributed by atoms with Crippen molar-refractivity contribution in [1.29, 1.82) is 0 Å². The van der Waals surface area contributed by atoms with E-state index in [1.807, 2.05) is 6.07 Å². The van der Waals surface area contributed by atoms with Crippen molar-refractivity contribution in [1.82, 2.24) is 0 Å². The second-order valence-electron chi connectivity index (χ2n) is 4.41. The van der Waals surface area contributed by atoms with Crippen LogP contribution in [-0.4, -0.2) is 28.0 Å². The van der Waals surface area contributed by atoms with Crippen molar-refractivity contribution in [3.63, 3.8) is 0 Å². The fourth-order valence-corrected chi connectivity index (χ4v) is 4.02. The summed E-state index contributed by atoms with van der Waals surface area (Å²) in [6.45, 7) is 2.19. The van der Waals surface area contributed by atoms with Gasteiger partial charge in [-0.1, -0.05) is 0 Å². The average molecular weight is 313 g/mol. The molecule has 0 aliphatic heterocycles. The van der Waals surface area contributed by atoms with E-state index in [1.54, 1.807) is 0 Å². The molecular weight excluding hydrogens is 291 g/mol. The van der Waals surface area contributed by atoms with Crippen molar-refractivity contribution in [2.24, 2.45) is 5.92 Å². The van der Waals surface area contributed by atoms with Crippen molar-refractivity contribution >= 4 is 25.4 Å². The van der Waals surface area contributed by atoms with Crippen molar-refractivity contribution < 1.29 is 9.53 Å². The van der Waals surface area contributed by atoms with Crippen LogP contribution >= 0.6 is 0 Å². The Morgan fingerprint density at radius 3 is 2.67 bits per heavy atom. The van der Waals surface area contributed by atoms with Gasteiger partial charge in [0.05, 0.1) is 0 Å². The Balaban J connectivity index is 2.42. The van der Waals surface area contributed by atoms with Gasteiger partial charge in [-0.3, -0.25) is 0 Å². The number of hydrogen-bond acceptors (Lipinski definition) is 2. The third kappa shape index (κ3) is 6.23. The summed E-state index contributed by atoms with van der Waals surface area (Å²) in [7, 11) is 1.47. The second-order valence-corrected chi connectivity index (χ2v) is 6.71. The third-order valence-electron chi connectivity index (χ3n) is 2.88. The molecule has 1 unspecified atom stereocenters. The molecule has 0 bridgehead atoms. The molecule has 1 atom stereocenters. The Kier molecular flexibility index (Phi) is 7.79. The second kappa shape index (κ2) is 9.18. The van der Waals surface area contributed by atoms with Crippen LogP contribution in [0.2, 0.25) is 5.32 Å². The molecule has 0 N–H and O–H groups in total. The Morgan fingerprint density at radius 1 is 1.33 bits per heavy atom. The summed E-state index contributed by atoms with van der Waals surface area (Å²) in [5.41, 5.74) is 0. The Labute approximate surface area is 116 Å². The van der Waals surface area contributed by atoms with E-state index in [0.717, 1.165) is 11.7 Å². The first-order valence-electron chi connectivity index (χ1n) is 6.51. The van der Waals surface area contributed by atoms with Crippen LogP contribution in [0.3, 0.4) is 0 Å². The first kappa shape index (κ1) is 15.3. The van der Waals surface area contributed by atoms with E-state index in [1.165, 1.54) is 24.4 Å². The van der Waals surface area contributed by atoms with E-state index in [0.29, 0.717) is 27.3 Å². The molecule has 18 heavy (non-hydrogen) atoms. The van der Waals surface area contributed by atoms with Crippen LogP contribution in [0, 0.1) is 5.92 Å². The van der Waals surface area contributed by atoms with E-state index in [2.05, 4.69) is 31.2 Å². The molecule has 0 saturated heterocycles. The van der Waals surface area contributed by atoms with Crippen LogP contribution in [0.15, 0.2) is 30.3 Å². The van der Waals surface area contributed by atoms with Crippen LogP contribution in [0.1, 0.15) is 32.6 Å². The van der Waals surface area contributed by atoms with Gasteiger partial charge in [-0.25, -0.2) is 0 Å². The number of rotatable bonds is 8. The molecule has 1 rings (SSSR count). The maximum atomic E-state index is 11.4. The summed E-state index contributed by atoms with van der Waals surface area (Å²) in [5.74, 6) is 0.414. The number of benzene rings is 1. The molecule has 3 heteroatoms. The summed E-state index contributed by atoms with van der Waals surface area (Å²) >= 11 is 0.466. The van der Waals surface area contributed by atoms with Crippen molar-refractivity contribution in [3.8, 4) is 0 Å². The van der Waals surface area contributed by atoms with Gasteiger partial charge in [0.1, 0.15) is 0 Å². The topological polar surface area (TPSA) is 26.3 Å². The van der Waals surface area contributed by atoms with Gasteiger partial charge in [0.25, 0.3) is 0 Å². The molecule has 0 radical (unpaired) electrons. The molecule has 0 aromatic heterocycles. The number of methoxy groups -OCH3 is 1. The van der Waals surface area contributed by atoms with Gasteiger partial charge in [0.15, 0.2) is 0 Å². The van der Waals surface area contributed by atoms with Crippen LogP contribution in [0.25, 0.3) is 0 Å². The zero-order valence-electron chi connectivity index (χ0n) is 11.2. The zero-order chi connectivity index (χ0) is 13.2. The SMILES string of the molecule is CCCCC(C[Se]c1ccccc1)CC(=O)OC. The maximum absolute atomic E-state index is 11.4. The molecular formula is C15H22O2Se. The van der Waals surface area contributed by atoms with Crippen LogP contribution in [-0.2, 0) is 9.53 Å². The molecule has 1 aromatic carbocycles. The van der Waals surface area contributed by atoms with Gasteiger partial charge >= 0.3 is 116 Å². The molecule has 0 saturated carbocycles. The predicted octanol–water partition coefficient (Wildman–Crippen LogP) is 2.80. The molecule has 100 valence electrons. The molecule has 0 heterocycles. The van der Waals surface area contributed by atoms with Crippen LogP contribution < -0.4 is 4.46 Å². The molecule has 0 spiro atoms. The quantitative estimate of drug-likeness (QED) is 0.545. The number of hydrogen-bond donors (Lipinski definition) is 0. The van der Waals surface area contributed by atoms with Gasteiger partial charge in [0.2, 0.25) is 0 Å². The van der Waals surface area contributed by atoms with Gasteiger partial charge in [0, 0.05) is 0 Å². The summed E-state index contributed by atoms with van der Waals surface area (Å²) in [6.07, 6.45) is 4.10. The van der Waals surface area contributed by atoms with Crippen LogP contribution in [0.5, 0.6) is 0 Å². The van der Waals surface area contributed by atoms with Gasteiger partial charge < -0.3 is 0 Å². The summed E-state index contributed by atoms with van der Waals surface area (Å²) in [4.78, 5) is 11.4. The van der Waals surface area contributed by atoms with E-state index in [-0.39, 0.29) is 5.97 Å². The molecule has 2 nitrogen and oxygen atoms in total. The Hall–Kier alpha value is -0.791. The fraction of sp³-hybridized carbons (Fsp3) is 0.533. The number of esters is 1. The van der Waals surface area contributed by atoms with Gasteiger partial charge in [-0.2, -0.15) is 0 Å². The Morgan fingerprint density at radius 2 is 2.06 bits per heavy atom. The van der Waals surface area contributed by atoms with E-state index in [9.17, 15) is 4.79 Å². The summed E-state index contributed by atoms with van der Waals surface area (Å²) < 4.78 is 6.19. The van der Waals surface area contributed by atoms with Crippen LogP contribution in [0.4, 0.5) is 0 Å². The number of carbonyl (C=O) groups is 1. The third-order valence-corrected chi connectivity index (χ3v) is 5.49. The van der Waals surface area contributed by atoms with Crippen molar-refractivity contribution in [2.75, 3.05) is 7.11 Å². The minimum absolute atomic E-state index is 0.0695. The molecule has 0 fully saturated rings. The molecule has 0 amide bonds. The van der Waals surface area contributed by atoms with Crippen molar-refractivity contribution in [3.05, 3.63) is 30.3 Å². The van der Waals surface area contributed by atoms with E-state index >= 15 is 0 Å². The standard InChI is InChI=1S/C15H22O2Se/c1-3-4-8-13(11-15(16)17-2)12-18-14-9-6-5-7-10-14/h5-7,9-10,13H,3-4,8,11-12H2,1-2H3. The predicted molar refractivity (Wildman–Crippen MR) is 76.3 cm³/mol. The summed E-state index contributed by atoms with van der Waals surface area (Å²) in [5, 5.41) is 1.13. The number of ether oxygens (including phenoxy) is 1. The van der Waals surface area contributed by atoms with E-state index in [4.69, 9.17) is 4.74 Å². The molecule has 0 aliphatic rings. The number of carbonyl (C=O) groups excluding carboxylic acids is 1. The minimum atomic E-state index is -0.0695. The van der Waals surface area contributed by atoms with Gasteiger partial charge in [-0.05, 0) is 0 Å². The first-order chi connectivity index (χ1) is 8.76. The van der Waals surface area contributed by atoms with Crippen molar-refractivity contribution in [2.45, 2.75) is 37.9 Å². The zero-order valence-corrected chi connectivity index (χ0v) is 12.9. The normalized spacial score (nSPS) is 12.1. The first-order valence-corrected chi connectivity index (χ1v) is 8.57. The average Bonchev–Trinajstić information content (AvgIpc) is 2.42. The van der Waals surface area contributed by atoms with Gasteiger partial charge in [-0.15, -0.1) is 0 Å². The Bertz CT molecular complexity index is 338. The van der Waals surface area contributed by atoms with E-state index < -0.39 is 0 Å². The molecule has 1 aromatic rings. The monoisotopic (exact) mass is 314 g/mol. The summed E-state index contributed by atoms with van der Waals surface area (Å²) in [6, 6.07) is 10.6. The molecule has 0 aliphatic carbocycles. The fourth-order valence-electron chi connectivity index (χ4n) is 1.79.